The number of sulfone groups is 1. The maximum Gasteiger partial charge on any atom is 0.164 e. The Kier molecular flexibility index (Phi) is 5.09. The van der Waals surface area contributed by atoms with Crippen LogP contribution in [-0.4, -0.2) is 44.3 Å². The maximum atomic E-state index is 12.1. The van der Waals surface area contributed by atoms with E-state index in [1.54, 1.807) is 18.9 Å². The third-order valence-corrected chi connectivity index (χ3v) is 7.72. The molecule has 0 aromatic heterocycles. The van der Waals surface area contributed by atoms with Crippen LogP contribution in [0.25, 0.3) is 0 Å². The number of thioether (sulfide) groups is 1. The zero-order valence-corrected chi connectivity index (χ0v) is 17.1. The minimum Gasteiger partial charge on any atom is -0.495 e. The van der Waals surface area contributed by atoms with Crippen molar-refractivity contribution in [2.45, 2.75) is 17.8 Å². The largest absolute Gasteiger partial charge is 0.495 e. The summed E-state index contributed by atoms with van der Waals surface area (Å²) in [6.07, 6.45) is 0. The van der Waals surface area contributed by atoms with Crippen molar-refractivity contribution < 1.29 is 13.2 Å². The fraction of sp³-hybridized carbons (Fsp3) is 0.316. The molecule has 1 saturated heterocycles. The van der Waals surface area contributed by atoms with Crippen molar-refractivity contribution in [1.29, 1.82) is 0 Å². The van der Waals surface area contributed by atoms with Gasteiger partial charge in [-0.25, -0.2) is 8.42 Å². The van der Waals surface area contributed by atoms with Gasteiger partial charge in [0.05, 0.1) is 36.4 Å². The molecular weight excluding hydrogens is 404 g/mol. The minimum atomic E-state index is -3.07. The molecular formula is C19H19ClN2O3S2. The quantitative estimate of drug-likeness (QED) is 0.753. The van der Waals surface area contributed by atoms with Gasteiger partial charge in [0.2, 0.25) is 0 Å². The molecule has 4 rings (SSSR count). The first kappa shape index (κ1) is 18.7. The van der Waals surface area contributed by atoms with Crippen LogP contribution in [0.4, 0.5) is 5.69 Å². The fourth-order valence-electron chi connectivity index (χ4n) is 3.47. The summed E-state index contributed by atoms with van der Waals surface area (Å²) < 4.78 is 29.8. The number of anilines is 1. The predicted molar refractivity (Wildman–Crippen MR) is 112 cm³/mol. The molecule has 1 fully saturated rings. The molecule has 0 N–H and O–H groups in total. The van der Waals surface area contributed by atoms with Crippen LogP contribution in [0.1, 0.15) is 5.56 Å². The van der Waals surface area contributed by atoms with E-state index in [-0.39, 0.29) is 23.6 Å². The van der Waals surface area contributed by atoms with Gasteiger partial charge in [0.15, 0.2) is 15.0 Å². The van der Waals surface area contributed by atoms with E-state index in [0.29, 0.717) is 10.8 Å². The second-order valence-corrected chi connectivity index (χ2v) is 10.1. The highest BCUT2D eigenvalue weighted by Gasteiger charge is 2.47. The lowest BCUT2D eigenvalue weighted by Gasteiger charge is -2.27. The molecule has 0 radical (unpaired) electrons. The van der Waals surface area contributed by atoms with Crippen LogP contribution in [0, 0.1) is 0 Å². The van der Waals surface area contributed by atoms with Crippen LogP contribution < -0.4 is 9.64 Å². The Labute approximate surface area is 168 Å². The van der Waals surface area contributed by atoms with E-state index in [4.69, 9.17) is 21.3 Å². The van der Waals surface area contributed by atoms with Gasteiger partial charge in [0.1, 0.15) is 5.75 Å². The second kappa shape index (κ2) is 7.37. The highest BCUT2D eigenvalue weighted by molar-refractivity contribution is 8.13. The van der Waals surface area contributed by atoms with E-state index < -0.39 is 9.84 Å². The Morgan fingerprint density at radius 3 is 2.67 bits per heavy atom. The fourth-order valence-corrected chi connectivity index (χ4v) is 6.51. The van der Waals surface area contributed by atoms with Gasteiger partial charge in [-0.3, -0.25) is 4.99 Å². The minimum absolute atomic E-state index is 0.105. The summed E-state index contributed by atoms with van der Waals surface area (Å²) in [5, 5.41) is 1.54. The van der Waals surface area contributed by atoms with Crippen LogP contribution in [0.15, 0.2) is 53.5 Å². The molecule has 0 amide bonds. The summed E-state index contributed by atoms with van der Waals surface area (Å²) >= 11 is 7.56. The molecule has 2 aromatic carbocycles. The molecule has 0 aliphatic carbocycles. The number of hydrogen-bond donors (Lipinski definition) is 0. The van der Waals surface area contributed by atoms with Crippen LogP contribution >= 0.6 is 23.4 Å². The first-order valence-corrected chi connectivity index (χ1v) is 11.7. The summed E-state index contributed by atoms with van der Waals surface area (Å²) in [5.41, 5.74) is 1.99. The Balaban J connectivity index is 1.64. The molecule has 2 aromatic rings. The molecule has 142 valence electrons. The average molecular weight is 423 g/mol. The first-order chi connectivity index (χ1) is 13.0. The van der Waals surface area contributed by atoms with Crippen molar-refractivity contribution in [2.75, 3.05) is 23.5 Å². The lowest BCUT2D eigenvalue weighted by molar-refractivity contribution is 0.415. The number of rotatable bonds is 4. The van der Waals surface area contributed by atoms with Gasteiger partial charge in [-0.05, 0) is 29.8 Å². The standard InChI is InChI=1S/C19H19ClN2O3S2/c1-25-18-5-3-2-4-16(18)22-17-12-27(23,24)11-15(17)21-19(22)26-10-13-6-8-14(20)9-7-13/h2-9,15,17H,10-12H2,1H3/t15-,17-/m0/s1. The topological polar surface area (TPSA) is 59.0 Å². The molecule has 5 nitrogen and oxygen atoms in total. The van der Waals surface area contributed by atoms with E-state index in [9.17, 15) is 8.42 Å². The summed E-state index contributed by atoms with van der Waals surface area (Å²) in [6, 6.07) is 15.0. The lowest BCUT2D eigenvalue weighted by atomic mass is 10.1. The molecule has 0 unspecified atom stereocenters. The van der Waals surface area contributed by atoms with Crippen molar-refractivity contribution in [3.05, 3.63) is 59.1 Å². The Morgan fingerprint density at radius 1 is 1.19 bits per heavy atom. The van der Waals surface area contributed by atoms with Gasteiger partial charge in [-0.2, -0.15) is 0 Å². The molecule has 27 heavy (non-hydrogen) atoms. The highest BCUT2D eigenvalue weighted by atomic mass is 35.5. The van der Waals surface area contributed by atoms with Crippen molar-refractivity contribution in [3.8, 4) is 5.75 Å². The Bertz CT molecular complexity index is 977. The van der Waals surface area contributed by atoms with Crippen molar-refractivity contribution >= 4 is 44.1 Å². The van der Waals surface area contributed by atoms with Gasteiger partial charge >= 0.3 is 0 Å². The number of ether oxygens (including phenoxy) is 1. The van der Waals surface area contributed by atoms with Crippen molar-refractivity contribution in [2.24, 2.45) is 4.99 Å². The zero-order valence-electron chi connectivity index (χ0n) is 14.7. The molecule has 2 aliphatic heterocycles. The van der Waals surface area contributed by atoms with E-state index >= 15 is 0 Å². The predicted octanol–water partition coefficient (Wildman–Crippen LogP) is 3.62. The number of benzene rings is 2. The zero-order chi connectivity index (χ0) is 19.0. The van der Waals surface area contributed by atoms with E-state index in [2.05, 4.69) is 0 Å². The van der Waals surface area contributed by atoms with E-state index in [1.165, 1.54) is 0 Å². The summed E-state index contributed by atoms with van der Waals surface area (Å²) in [5.74, 6) is 1.66. The van der Waals surface area contributed by atoms with Crippen LogP contribution in [-0.2, 0) is 15.6 Å². The number of halogens is 1. The van der Waals surface area contributed by atoms with Gasteiger partial charge in [0, 0.05) is 10.8 Å². The smallest absolute Gasteiger partial charge is 0.164 e. The molecule has 8 heteroatoms. The Morgan fingerprint density at radius 2 is 1.93 bits per heavy atom. The van der Waals surface area contributed by atoms with E-state index in [1.807, 2.05) is 53.4 Å². The normalized spacial score (nSPS) is 23.2. The number of fused-ring (bicyclic) bond motifs is 1. The first-order valence-electron chi connectivity index (χ1n) is 8.54. The SMILES string of the molecule is COc1ccccc1N1C(SCc2ccc(Cl)cc2)=N[C@H]2CS(=O)(=O)C[C@@H]21. The number of amidine groups is 1. The number of aliphatic imine (C=N–C) groups is 1. The third kappa shape index (κ3) is 3.81. The number of hydrogen-bond acceptors (Lipinski definition) is 6. The molecule has 2 atom stereocenters. The summed E-state index contributed by atoms with van der Waals surface area (Å²) in [4.78, 5) is 6.79. The van der Waals surface area contributed by atoms with Crippen LogP contribution in [0.2, 0.25) is 5.02 Å². The Hall–Kier alpha value is -1.70. The van der Waals surface area contributed by atoms with Gasteiger partial charge in [-0.15, -0.1) is 0 Å². The lowest BCUT2D eigenvalue weighted by Crippen LogP contribution is -2.39. The number of para-hydroxylation sites is 2. The molecule has 0 saturated carbocycles. The number of methoxy groups -OCH3 is 1. The summed E-state index contributed by atoms with van der Waals surface area (Å²) in [6.45, 7) is 0. The molecule has 0 spiro atoms. The average Bonchev–Trinajstić information content (AvgIpc) is 3.12. The van der Waals surface area contributed by atoms with Crippen molar-refractivity contribution in [1.82, 2.24) is 0 Å². The number of nitrogens with zero attached hydrogens (tertiary/aromatic N) is 2. The van der Waals surface area contributed by atoms with Crippen LogP contribution in [0.3, 0.4) is 0 Å². The van der Waals surface area contributed by atoms with Gasteiger partial charge < -0.3 is 9.64 Å². The monoisotopic (exact) mass is 422 g/mol. The maximum absolute atomic E-state index is 12.1. The third-order valence-electron chi connectivity index (χ3n) is 4.73. The second-order valence-electron chi connectivity index (χ2n) is 6.58. The summed E-state index contributed by atoms with van der Waals surface area (Å²) in [7, 11) is -1.45. The highest BCUT2D eigenvalue weighted by Crippen LogP contribution is 2.39. The molecule has 2 heterocycles. The van der Waals surface area contributed by atoms with E-state index in [0.717, 1.165) is 22.2 Å². The molecule has 2 aliphatic rings. The van der Waals surface area contributed by atoms with Crippen molar-refractivity contribution in [3.63, 3.8) is 0 Å². The molecule has 0 bridgehead atoms. The van der Waals surface area contributed by atoms with Gasteiger partial charge in [-0.1, -0.05) is 47.6 Å². The van der Waals surface area contributed by atoms with Gasteiger partial charge in [0.25, 0.3) is 0 Å². The van der Waals surface area contributed by atoms with Crippen LogP contribution in [0.5, 0.6) is 5.75 Å².